The number of carbonyl (C=O) groups excluding carboxylic acids is 1. The highest BCUT2D eigenvalue weighted by Crippen LogP contribution is 2.28. The molecule has 0 radical (unpaired) electrons. The zero-order chi connectivity index (χ0) is 11.4. The number of amides is 1. The molecular weight excluding hydrogens is 202 g/mol. The molecule has 1 saturated carbocycles. The van der Waals surface area contributed by atoms with Crippen molar-refractivity contribution in [3.05, 3.63) is 0 Å². The molecular formula is C12H23N3O. The summed E-state index contributed by atoms with van der Waals surface area (Å²) in [6.07, 6.45) is 6.75. The van der Waals surface area contributed by atoms with Crippen LogP contribution in [0.25, 0.3) is 0 Å². The molecule has 1 heterocycles. The molecule has 2 fully saturated rings. The van der Waals surface area contributed by atoms with Gasteiger partial charge in [0.25, 0.3) is 0 Å². The Balaban J connectivity index is 1.61. The van der Waals surface area contributed by atoms with Crippen LogP contribution in [-0.2, 0) is 4.79 Å². The number of nitrogens with zero attached hydrogens (tertiary/aromatic N) is 1. The lowest BCUT2D eigenvalue weighted by molar-refractivity contribution is -0.129. The molecule has 1 aliphatic heterocycles. The van der Waals surface area contributed by atoms with Gasteiger partial charge in [-0.2, -0.15) is 0 Å². The lowest BCUT2D eigenvalue weighted by Gasteiger charge is -2.36. The third-order valence-electron chi connectivity index (χ3n) is 3.86. The fraction of sp³-hybridized carbons (Fsp3) is 0.917. The normalized spacial score (nSPS) is 24.8. The van der Waals surface area contributed by atoms with Crippen LogP contribution in [-0.4, -0.2) is 42.5 Å². The van der Waals surface area contributed by atoms with E-state index in [-0.39, 0.29) is 5.91 Å². The van der Waals surface area contributed by atoms with Crippen molar-refractivity contribution < 1.29 is 4.79 Å². The van der Waals surface area contributed by atoms with Crippen molar-refractivity contribution in [1.29, 1.82) is 0 Å². The molecule has 0 spiro atoms. The lowest BCUT2D eigenvalue weighted by atomic mass is 9.77. The van der Waals surface area contributed by atoms with Crippen LogP contribution in [0.1, 0.15) is 38.5 Å². The molecule has 0 aromatic rings. The molecule has 2 aliphatic rings. The molecule has 16 heavy (non-hydrogen) atoms. The molecule has 2 rings (SSSR count). The molecule has 4 nitrogen and oxygen atoms in total. The number of nitrogens with one attached hydrogen (secondary N) is 1. The Kier molecular flexibility index (Phi) is 3.82. The SMILES string of the molecule is NC1(C(=O)NCCN2CCCCC2)CCC1. The Morgan fingerprint density at radius 3 is 2.44 bits per heavy atom. The van der Waals surface area contributed by atoms with E-state index >= 15 is 0 Å². The average Bonchev–Trinajstić information content (AvgIpc) is 2.27. The van der Waals surface area contributed by atoms with Gasteiger partial charge in [0, 0.05) is 13.1 Å². The molecule has 0 bridgehead atoms. The molecule has 0 atom stereocenters. The monoisotopic (exact) mass is 225 g/mol. The largest absolute Gasteiger partial charge is 0.353 e. The topological polar surface area (TPSA) is 58.4 Å². The van der Waals surface area contributed by atoms with E-state index in [1.54, 1.807) is 0 Å². The third-order valence-corrected chi connectivity index (χ3v) is 3.86. The van der Waals surface area contributed by atoms with Gasteiger partial charge in [0.15, 0.2) is 0 Å². The Bertz CT molecular complexity index is 245. The Hall–Kier alpha value is -0.610. The van der Waals surface area contributed by atoms with Gasteiger partial charge < -0.3 is 16.0 Å². The van der Waals surface area contributed by atoms with Crippen molar-refractivity contribution in [3.63, 3.8) is 0 Å². The smallest absolute Gasteiger partial charge is 0.240 e. The standard InChI is InChI=1S/C12H23N3O/c13-12(5-4-6-12)11(16)14-7-10-15-8-2-1-3-9-15/h1-10,13H2,(H,14,16). The fourth-order valence-electron chi connectivity index (χ4n) is 2.47. The summed E-state index contributed by atoms with van der Waals surface area (Å²) in [5, 5.41) is 2.97. The first kappa shape index (κ1) is 11.9. The maximum atomic E-state index is 11.7. The maximum absolute atomic E-state index is 11.7. The second-order valence-electron chi connectivity index (χ2n) is 5.17. The van der Waals surface area contributed by atoms with E-state index < -0.39 is 5.54 Å². The quantitative estimate of drug-likeness (QED) is 0.731. The third kappa shape index (κ3) is 2.74. The number of rotatable bonds is 4. The van der Waals surface area contributed by atoms with E-state index in [0.29, 0.717) is 0 Å². The average molecular weight is 225 g/mol. The molecule has 3 N–H and O–H groups in total. The minimum Gasteiger partial charge on any atom is -0.353 e. The predicted octanol–water partition coefficient (Wildman–Crippen LogP) is 0.470. The zero-order valence-corrected chi connectivity index (χ0v) is 10.0. The van der Waals surface area contributed by atoms with Gasteiger partial charge >= 0.3 is 0 Å². The molecule has 1 amide bonds. The summed E-state index contributed by atoms with van der Waals surface area (Å²) in [5.41, 5.74) is 5.40. The van der Waals surface area contributed by atoms with E-state index in [2.05, 4.69) is 10.2 Å². The molecule has 0 aromatic carbocycles. The highest BCUT2D eigenvalue weighted by atomic mass is 16.2. The Morgan fingerprint density at radius 2 is 1.88 bits per heavy atom. The van der Waals surface area contributed by atoms with Gasteiger partial charge in [-0.1, -0.05) is 6.42 Å². The molecule has 0 aromatic heterocycles. The van der Waals surface area contributed by atoms with Gasteiger partial charge in [-0.25, -0.2) is 0 Å². The highest BCUT2D eigenvalue weighted by Gasteiger charge is 2.39. The van der Waals surface area contributed by atoms with Gasteiger partial charge in [0.1, 0.15) is 0 Å². The molecule has 92 valence electrons. The predicted molar refractivity (Wildman–Crippen MR) is 64.1 cm³/mol. The number of hydrogen-bond donors (Lipinski definition) is 2. The number of likely N-dealkylation sites (tertiary alicyclic amines) is 1. The first-order valence-corrected chi connectivity index (χ1v) is 6.50. The van der Waals surface area contributed by atoms with E-state index in [4.69, 9.17) is 5.73 Å². The zero-order valence-electron chi connectivity index (χ0n) is 10.0. The van der Waals surface area contributed by atoms with Crippen LogP contribution in [0, 0.1) is 0 Å². The van der Waals surface area contributed by atoms with E-state index in [1.165, 1.54) is 32.4 Å². The van der Waals surface area contributed by atoms with Crippen LogP contribution in [0.3, 0.4) is 0 Å². The number of hydrogen-bond acceptors (Lipinski definition) is 3. The Labute approximate surface area is 97.6 Å². The summed E-state index contributed by atoms with van der Waals surface area (Å²) in [6.45, 7) is 4.09. The number of carbonyl (C=O) groups is 1. The highest BCUT2D eigenvalue weighted by molar-refractivity contribution is 5.86. The first-order valence-electron chi connectivity index (χ1n) is 6.50. The van der Waals surface area contributed by atoms with E-state index in [9.17, 15) is 4.79 Å². The van der Waals surface area contributed by atoms with Gasteiger partial charge in [-0.3, -0.25) is 4.79 Å². The van der Waals surface area contributed by atoms with Gasteiger partial charge in [-0.05, 0) is 45.2 Å². The van der Waals surface area contributed by atoms with Crippen molar-refractivity contribution in [3.8, 4) is 0 Å². The van der Waals surface area contributed by atoms with Gasteiger partial charge in [0.2, 0.25) is 5.91 Å². The van der Waals surface area contributed by atoms with Crippen LogP contribution < -0.4 is 11.1 Å². The van der Waals surface area contributed by atoms with Gasteiger partial charge in [0.05, 0.1) is 5.54 Å². The van der Waals surface area contributed by atoms with Crippen molar-refractivity contribution >= 4 is 5.91 Å². The minimum atomic E-state index is -0.540. The fourth-order valence-corrected chi connectivity index (χ4v) is 2.47. The van der Waals surface area contributed by atoms with Gasteiger partial charge in [-0.15, -0.1) is 0 Å². The summed E-state index contributed by atoms with van der Waals surface area (Å²) >= 11 is 0. The van der Waals surface area contributed by atoms with Crippen LogP contribution in [0.15, 0.2) is 0 Å². The number of nitrogens with two attached hydrogens (primary N) is 1. The lowest BCUT2D eigenvalue weighted by Crippen LogP contribution is -2.59. The van der Waals surface area contributed by atoms with Crippen LogP contribution in [0.2, 0.25) is 0 Å². The maximum Gasteiger partial charge on any atom is 0.240 e. The van der Waals surface area contributed by atoms with E-state index in [0.717, 1.165) is 32.4 Å². The molecule has 1 saturated heterocycles. The summed E-state index contributed by atoms with van der Waals surface area (Å²) < 4.78 is 0. The molecule has 0 unspecified atom stereocenters. The first-order chi connectivity index (χ1) is 7.71. The van der Waals surface area contributed by atoms with Crippen LogP contribution >= 0.6 is 0 Å². The summed E-state index contributed by atoms with van der Waals surface area (Å²) in [4.78, 5) is 14.2. The number of piperidine rings is 1. The summed E-state index contributed by atoms with van der Waals surface area (Å²) in [7, 11) is 0. The van der Waals surface area contributed by atoms with Crippen LogP contribution in [0.5, 0.6) is 0 Å². The Morgan fingerprint density at radius 1 is 1.19 bits per heavy atom. The second kappa shape index (κ2) is 5.15. The van der Waals surface area contributed by atoms with Crippen molar-refractivity contribution in [2.24, 2.45) is 5.73 Å². The summed E-state index contributed by atoms with van der Waals surface area (Å²) in [5.74, 6) is 0.0516. The molecule has 4 heteroatoms. The molecule has 1 aliphatic carbocycles. The second-order valence-corrected chi connectivity index (χ2v) is 5.17. The van der Waals surface area contributed by atoms with E-state index in [1.807, 2.05) is 0 Å². The van der Waals surface area contributed by atoms with Crippen molar-refractivity contribution in [2.75, 3.05) is 26.2 Å². The van der Waals surface area contributed by atoms with Crippen molar-refractivity contribution in [1.82, 2.24) is 10.2 Å². The van der Waals surface area contributed by atoms with Crippen LogP contribution in [0.4, 0.5) is 0 Å². The van der Waals surface area contributed by atoms with Crippen molar-refractivity contribution in [2.45, 2.75) is 44.1 Å². The minimum absolute atomic E-state index is 0.0516. The summed E-state index contributed by atoms with van der Waals surface area (Å²) in [6, 6.07) is 0.